The van der Waals surface area contributed by atoms with Gasteiger partial charge in [0.15, 0.2) is 0 Å². The molecule has 0 saturated carbocycles. The zero-order valence-electron chi connectivity index (χ0n) is 7.69. The normalized spacial score (nSPS) is 16.0. The third kappa shape index (κ3) is 1.84. The highest BCUT2D eigenvalue weighted by molar-refractivity contribution is 5.04. The third-order valence-electron chi connectivity index (χ3n) is 1.94. The van der Waals surface area contributed by atoms with Gasteiger partial charge >= 0.3 is 0 Å². The minimum absolute atomic E-state index is 0.0000926. The largest absolute Gasteiger partial charge is 0.380 e. The van der Waals surface area contributed by atoms with Gasteiger partial charge < -0.3 is 15.0 Å². The minimum atomic E-state index is -0.142. The third-order valence-corrected chi connectivity index (χ3v) is 1.94. The van der Waals surface area contributed by atoms with Gasteiger partial charge in [0.2, 0.25) is 0 Å². The number of hydrogen-bond donors (Lipinski definition) is 1. The van der Waals surface area contributed by atoms with Gasteiger partial charge in [0.1, 0.15) is 0 Å². The molecule has 0 fully saturated rings. The summed E-state index contributed by atoms with van der Waals surface area (Å²) in [7, 11) is 3.56. The van der Waals surface area contributed by atoms with Crippen molar-refractivity contribution in [1.82, 2.24) is 9.55 Å². The molecule has 0 bridgehead atoms. The zero-order chi connectivity index (χ0) is 9.14. The Bertz CT molecular complexity index is 246. The first-order chi connectivity index (χ1) is 5.65. The molecule has 0 aliphatic carbocycles. The molecule has 0 amide bonds. The van der Waals surface area contributed by atoms with Crippen molar-refractivity contribution in [3.05, 3.63) is 18.2 Å². The molecule has 68 valence electrons. The maximum Gasteiger partial charge on any atom is 0.0947 e. The summed E-state index contributed by atoms with van der Waals surface area (Å²) in [5, 5.41) is 0. The van der Waals surface area contributed by atoms with Crippen molar-refractivity contribution in [3.63, 3.8) is 0 Å². The van der Waals surface area contributed by atoms with Gasteiger partial charge in [-0.1, -0.05) is 0 Å². The number of aromatic nitrogens is 2. The van der Waals surface area contributed by atoms with Gasteiger partial charge in [-0.25, -0.2) is 4.98 Å². The standard InChI is InChI=1S/C8H15N3O/c1-6(12-3)8(9)7-4-11(2)5-10-7/h4-6,8H,9H2,1-3H3. The van der Waals surface area contributed by atoms with E-state index in [1.165, 1.54) is 0 Å². The van der Waals surface area contributed by atoms with Crippen LogP contribution in [0.25, 0.3) is 0 Å². The summed E-state index contributed by atoms with van der Waals surface area (Å²) in [6.45, 7) is 1.93. The molecule has 1 rings (SSSR count). The van der Waals surface area contributed by atoms with Crippen molar-refractivity contribution in [1.29, 1.82) is 0 Å². The average molecular weight is 169 g/mol. The van der Waals surface area contributed by atoms with E-state index >= 15 is 0 Å². The Balaban J connectivity index is 2.70. The van der Waals surface area contributed by atoms with Crippen LogP contribution in [0.5, 0.6) is 0 Å². The number of ether oxygens (including phenoxy) is 1. The second-order valence-electron chi connectivity index (χ2n) is 2.93. The Morgan fingerprint density at radius 3 is 2.75 bits per heavy atom. The number of methoxy groups -OCH3 is 1. The maximum atomic E-state index is 5.86. The molecule has 1 heterocycles. The first kappa shape index (κ1) is 9.22. The molecule has 0 aromatic carbocycles. The molecule has 0 spiro atoms. The lowest BCUT2D eigenvalue weighted by Crippen LogP contribution is -2.25. The highest BCUT2D eigenvalue weighted by Crippen LogP contribution is 2.12. The lowest BCUT2D eigenvalue weighted by molar-refractivity contribution is 0.0945. The van der Waals surface area contributed by atoms with Gasteiger partial charge in [-0.15, -0.1) is 0 Å². The van der Waals surface area contributed by atoms with Crippen molar-refractivity contribution >= 4 is 0 Å². The van der Waals surface area contributed by atoms with E-state index in [4.69, 9.17) is 10.5 Å². The van der Waals surface area contributed by atoms with E-state index in [1.807, 2.05) is 24.7 Å². The molecule has 2 atom stereocenters. The van der Waals surface area contributed by atoms with Gasteiger partial charge in [0.05, 0.1) is 24.2 Å². The number of hydrogen-bond acceptors (Lipinski definition) is 3. The molecule has 0 radical (unpaired) electrons. The van der Waals surface area contributed by atoms with Gasteiger partial charge in [-0.2, -0.15) is 0 Å². The number of rotatable bonds is 3. The van der Waals surface area contributed by atoms with E-state index in [-0.39, 0.29) is 12.1 Å². The quantitative estimate of drug-likeness (QED) is 0.715. The molecule has 12 heavy (non-hydrogen) atoms. The van der Waals surface area contributed by atoms with Gasteiger partial charge in [-0.3, -0.25) is 0 Å². The second kappa shape index (κ2) is 3.69. The first-order valence-electron chi connectivity index (χ1n) is 3.91. The van der Waals surface area contributed by atoms with Crippen LogP contribution in [-0.4, -0.2) is 22.8 Å². The summed E-state index contributed by atoms with van der Waals surface area (Å²) >= 11 is 0. The number of nitrogens with zero attached hydrogens (tertiary/aromatic N) is 2. The number of nitrogens with two attached hydrogens (primary N) is 1. The van der Waals surface area contributed by atoms with E-state index < -0.39 is 0 Å². The predicted molar refractivity (Wildman–Crippen MR) is 46.6 cm³/mol. The Morgan fingerprint density at radius 1 is 1.67 bits per heavy atom. The van der Waals surface area contributed by atoms with Gasteiger partial charge in [0, 0.05) is 20.4 Å². The summed E-state index contributed by atoms with van der Waals surface area (Å²) in [5.74, 6) is 0. The molecular weight excluding hydrogens is 154 g/mol. The van der Waals surface area contributed by atoms with Crippen LogP contribution in [0.15, 0.2) is 12.5 Å². The molecule has 0 aliphatic heterocycles. The molecule has 2 N–H and O–H groups in total. The minimum Gasteiger partial charge on any atom is -0.380 e. The smallest absolute Gasteiger partial charge is 0.0947 e. The van der Waals surface area contributed by atoms with E-state index in [2.05, 4.69) is 4.98 Å². The highest BCUT2D eigenvalue weighted by atomic mass is 16.5. The number of aryl methyl sites for hydroxylation is 1. The number of imidazole rings is 1. The summed E-state index contributed by atoms with van der Waals surface area (Å²) in [4.78, 5) is 4.14. The molecule has 0 saturated heterocycles. The Hall–Kier alpha value is -0.870. The molecule has 2 unspecified atom stereocenters. The van der Waals surface area contributed by atoms with E-state index in [1.54, 1.807) is 13.4 Å². The van der Waals surface area contributed by atoms with E-state index in [9.17, 15) is 0 Å². The summed E-state index contributed by atoms with van der Waals surface area (Å²) in [6, 6.07) is -0.142. The van der Waals surface area contributed by atoms with E-state index in [0.29, 0.717) is 0 Å². The Kier molecular flexibility index (Phi) is 2.83. The molecule has 1 aromatic heterocycles. The summed E-state index contributed by atoms with van der Waals surface area (Å²) in [5.41, 5.74) is 6.73. The first-order valence-corrected chi connectivity index (χ1v) is 3.91. The van der Waals surface area contributed by atoms with Crippen LogP contribution < -0.4 is 5.73 Å². The molecule has 0 aliphatic rings. The molecular formula is C8H15N3O. The zero-order valence-corrected chi connectivity index (χ0v) is 7.69. The summed E-state index contributed by atoms with van der Waals surface area (Å²) in [6.07, 6.45) is 3.64. The molecule has 1 aromatic rings. The fourth-order valence-electron chi connectivity index (χ4n) is 0.992. The second-order valence-corrected chi connectivity index (χ2v) is 2.93. The topological polar surface area (TPSA) is 53.1 Å². The van der Waals surface area contributed by atoms with Gasteiger partial charge in [0.25, 0.3) is 0 Å². The fraction of sp³-hybridized carbons (Fsp3) is 0.625. The van der Waals surface area contributed by atoms with Crippen molar-refractivity contribution in [3.8, 4) is 0 Å². The van der Waals surface area contributed by atoms with Crippen LogP contribution in [-0.2, 0) is 11.8 Å². The van der Waals surface area contributed by atoms with Crippen molar-refractivity contribution in [2.24, 2.45) is 12.8 Å². The van der Waals surface area contributed by atoms with E-state index in [0.717, 1.165) is 5.69 Å². The lowest BCUT2D eigenvalue weighted by Gasteiger charge is -2.15. The van der Waals surface area contributed by atoms with Crippen molar-refractivity contribution in [2.45, 2.75) is 19.1 Å². The van der Waals surface area contributed by atoms with Crippen LogP contribution in [0.3, 0.4) is 0 Å². The van der Waals surface area contributed by atoms with Crippen molar-refractivity contribution < 1.29 is 4.74 Å². The maximum absolute atomic E-state index is 5.86. The Labute approximate surface area is 72.3 Å². The predicted octanol–water partition coefficient (Wildman–Crippen LogP) is 0.455. The molecule has 4 nitrogen and oxygen atoms in total. The van der Waals surface area contributed by atoms with Crippen molar-refractivity contribution in [2.75, 3.05) is 7.11 Å². The SMILES string of the molecule is COC(C)C(N)c1cn(C)cn1. The average Bonchev–Trinajstić information content (AvgIpc) is 2.49. The monoisotopic (exact) mass is 169 g/mol. The van der Waals surface area contributed by atoms with Gasteiger partial charge in [-0.05, 0) is 6.92 Å². The molecule has 4 heteroatoms. The van der Waals surface area contributed by atoms with Crippen LogP contribution in [0.1, 0.15) is 18.7 Å². The van der Waals surface area contributed by atoms with Crippen LogP contribution in [0, 0.1) is 0 Å². The van der Waals surface area contributed by atoms with Crippen LogP contribution >= 0.6 is 0 Å². The fourth-order valence-corrected chi connectivity index (χ4v) is 0.992. The lowest BCUT2D eigenvalue weighted by atomic mass is 10.1. The van der Waals surface area contributed by atoms with Crippen LogP contribution in [0.2, 0.25) is 0 Å². The van der Waals surface area contributed by atoms with Crippen LogP contribution in [0.4, 0.5) is 0 Å². The Morgan fingerprint density at radius 2 is 2.33 bits per heavy atom. The summed E-state index contributed by atoms with van der Waals surface area (Å²) < 4.78 is 6.97. The highest BCUT2D eigenvalue weighted by Gasteiger charge is 2.15.